The Kier molecular flexibility index (Phi) is 4.45. The van der Waals surface area contributed by atoms with Crippen LogP contribution in [-0.2, 0) is 0 Å². The highest BCUT2D eigenvalue weighted by Gasteiger charge is 2.21. The second-order valence-electron chi connectivity index (χ2n) is 4.71. The van der Waals surface area contributed by atoms with Crippen molar-refractivity contribution in [3.8, 4) is 5.75 Å². The van der Waals surface area contributed by atoms with Crippen molar-refractivity contribution in [3.63, 3.8) is 0 Å². The third kappa shape index (κ3) is 2.95. The zero-order chi connectivity index (χ0) is 13.1. The van der Waals surface area contributed by atoms with Crippen molar-refractivity contribution in [2.45, 2.75) is 25.3 Å². The van der Waals surface area contributed by atoms with Gasteiger partial charge in [0.05, 0.1) is 6.61 Å². The van der Waals surface area contributed by atoms with Gasteiger partial charge in [0, 0.05) is 11.8 Å². The number of hydrogen-bond acceptors (Lipinski definition) is 3. The highest BCUT2D eigenvalue weighted by atomic mass is 32.1. The highest BCUT2D eigenvalue weighted by molar-refractivity contribution is 7.80. The Balaban J connectivity index is 2.09. The topological polar surface area (TPSA) is 35.2 Å². The van der Waals surface area contributed by atoms with E-state index in [1.807, 2.05) is 0 Å². The first kappa shape index (κ1) is 13.6. The molecule has 18 heavy (non-hydrogen) atoms. The summed E-state index contributed by atoms with van der Waals surface area (Å²) in [6.45, 7) is 0.381. The van der Waals surface area contributed by atoms with Crippen molar-refractivity contribution >= 4 is 12.6 Å². The predicted molar refractivity (Wildman–Crippen MR) is 70.0 cm³/mol. The molecule has 1 atom stereocenters. The Morgan fingerprint density at radius 3 is 2.39 bits per heavy atom. The average Bonchev–Trinajstić information content (AvgIpc) is 2.29. The second kappa shape index (κ2) is 5.89. The van der Waals surface area contributed by atoms with Gasteiger partial charge < -0.3 is 10.5 Å². The third-order valence-corrected chi connectivity index (χ3v) is 3.73. The lowest BCUT2D eigenvalue weighted by atomic mass is 9.86. The van der Waals surface area contributed by atoms with Crippen LogP contribution in [0.1, 0.15) is 30.9 Å². The molecule has 1 unspecified atom stereocenters. The summed E-state index contributed by atoms with van der Waals surface area (Å²) in [7, 11) is 0. The number of hydrogen-bond donors (Lipinski definition) is 2. The normalized spacial score (nSPS) is 17.3. The number of halogens is 2. The average molecular weight is 273 g/mol. The Bertz CT molecular complexity index is 400. The minimum absolute atomic E-state index is 0.294. The lowest BCUT2D eigenvalue weighted by molar-refractivity contribution is 0.170. The fourth-order valence-corrected chi connectivity index (χ4v) is 2.11. The number of nitrogens with two attached hydrogens (primary N) is 1. The Morgan fingerprint density at radius 1 is 1.33 bits per heavy atom. The minimum Gasteiger partial charge on any atom is -0.487 e. The molecule has 2 nitrogen and oxygen atoms in total. The van der Waals surface area contributed by atoms with Gasteiger partial charge in [-0.05, 0) is 36.5 Å². The molecule has 1 saturated carbocycles. The van der Waals surface area contributed by atoms with Gasteiger partial charge in [-0.25, -0.2) is 8.78 Å². The van der Waals surface area contributed by atoms with Gasteiger partial charge in [0.1, 0.15) is 0 Å². The van der Waals surface area contributed by atoms with E-state index in [9.17, 15) is 8.78 Å². The molecule has 0 spiro atoms. The number of benzene rings is 1. The quantitative estimate of drug-likeness (QED) is 0.809. The van der Waals surface area contributed by atoms with E-state index in [0.29, 0.717) is 23.8 Å². The molecule has 1 aliphatic carbocycles. The Morgan fingerprint density at radius 2 is 1.94 bits per heavy atom. The standard InChI is InChI=1S/C13H17F2NOS/c14-10-4-9(12(16)7-18)5-11(15)13(10)17-6-8-2-1-3-8/h4-5,8,12,18H,1-3,6-7,16H2. The van der Waals surface area contributed by atoms with E-state index in [0.717, 1.165) is 12.8 Å². The molecule has 1 aromatic rings. The molecule has 0 amide bonds. The van der Waals surface area contributed by atoms with Crippen molar-refractivity contribution in [2.24, 2.45) is 11.7 Å². The lowest BCUT2D eigenvalue weighted by Crippen LogP contribution is -2.20. The van der Waals surface area contributed by atoms with Crippen LogP contribution in [-0.4, -0.2) is 12.4 Å². The number of ether oxygens (including phenoxy) is 1. The molecular formula is C13H17F2NOS. The van der Waals surface area contributed by atoms with Crippen molar-refractivity contribution in [3.05, 3.63) is 29.3 Å². The minimum atomic E-state index is -0.693. The molecule has 0 saturated heterocycles. The molecule has 0 aromatic heterocycles. The van der Waals surface area contributed by atoms with Crippen molar-refractivity contribution in [1.82, 2.24) is 0 Å². The fourth-order valence-electron chi connectivity index (χ4n) is 1.90. The van der Waals surface area contributed by atoms with Crippen LogP contribution in [0, 0.1) is 17.6 Å². The maximum absolute atomic E-state index is 13.7. The molecule has 2 rings (SSSR count). The van der Waals surface area contributed by atoms with E-state index < -0.39 is 17.7 Å². The highest BCUT2D eigenvalue weighted by Crippen LogP contribution is 2.30. The van der Waals surface area contributed by atoms with Gasteiger partial charge in [-0.3, -0.25) is 0 Å². The van der Waals surface area contributed by atoms with Gasteiger partial charge in [0.25, 0.3) is 0 Å². The summed E-state index contributed by atoms with van der Waals surface area (Å²) in [6, 6.07) is 1.97. The zero-order valence-electron chi connectivity index (χ0n) is 10.0. The largest absolute Gasteiger partial charge is 0.487 e. The van der Waals surface area contributed by atoms with Gasteiger partial charge in [-0.1, -0.05) is 6.42 Å². The monoisotopic (exact) mass is 273 g/mol. The smallest absolute Gasteiger partial charge is 0.190 e. The summed E-state index contributed by atoms with van der Waals surface area (Å²) < 4.78 is 32.7. The Labute approximate surface area is 111 Å². The third-order valence-electron chi connectivity index (χ3n) is 3.33. The van der Waals surface area contributed by atoms with Crippen LogP contribution >= 0.6 is 12.6 Å². The Hall–Kier alpha value is -0.810. The van der Waals surface area contributed by atoms with Crippen molar-refractivity contribution < 1.29 is 13.5 Å². The first-order valence-electron chi connectivity index (χ1n) is 6.10. The van der Waals surface area contributed by atoms with Crippen LogP contribution in [0.5, 0.6) is 5.75 Å². The molecule has 0 radical (unpaired) electrons. The molecule has 100 valence electrons. The summed E-state index contributed by atoms with van der Waals surface area (Å²) >= 11 is 4.01. The molecule has 0 heterocycles. The van der Waals surface area contributed by atoms with Crippen molar-refractivity contribution in [2.75, 3.05) is 12.4 Å². The van der Waals surface area contributed by atoms with E-state index in [4.69, 9.17) is 10.5 Å². The fraction of sp³-hybridized carbons (Fsp3) is 0.538. The number of rotatable bonds is 5. The van der Waals surface area contributed by atoms with Crippen molar-refractivity contribution in [1.29, 1.82) is 0 Å². The predicted octanol–water partition coefficient (Wildman–Crippen LogP) is 3.07. The second-order valence-corrected chi connectivity index (χ2v) is 5.08. The van der Waals surface area contributed by atoms with Crippen LogP contribution in [0.4, 0.5) is 8.78 Å². The maximum Gasteiger partial charge on any atom is 0.190 e. The van der Waals surface area contributed by atoms with Crippen LogP contribution in [0.15, 0.2) is 12.1 Å². The van der Waals surface area contributed by atoms with Crippen LogP contribution in [0.25, 0.3) is 0 Å². The maximum atomic E-state index is 13.7. The lowest BCUT2D eigenvalue weighted by Gasteiger charge is -2.25. The molecule has 1 aliphatic rings. The molecule has 5 heteroatoms. The molecule has 0 aliphatic heterocycles. The summed E-state index contributed by atoms with van der Waals surface area (Å²) in [4.78, 5) is 0. The zero-order valence-corrected chi connectivity index (χ0v) is 10.9. The molecular weight excluding hydrogens is 256 g/mol. The summed E-state index contributed by atoms with van der Waals surface area (Å²) in [5.41, 5.74) is 6.08. The van der Waals surface area contributed by atoms with E-state index in [1.165, 1.54) is 18.6 Å². The van der Waals surface area contributed by atoms with Gasteiger partial charge in [-0.15, -0.1) is 0 Å². The van der Waals surface area contributed by atoms with E-state index in [-0.39, 0.29) is 5.75 Å². The van der Waals surface area contributed by atoms with E-state index in [1.54, 1.807) is 0 Å². The summed E-state index contributed by atoms with van der Waals surface area (Å²) in [5, 5.41) is 0. The molecule has 1 aromatic carbocycles. The van der Waals surface area contributed by atoms with E-state index >= 15 is 0 Å². The first-order valence-corrected chi connectivity index (χ1v) is 6.73. The van der Waals surface area contributed by atoms with Gasteiger partial charge in [0.2, 0.25) is 0 Å². The van der Waals surface area contributed by atoms with Crippen LogP contribution < -0.4 is 10.5 Å². The molecule has 0 bridgehead atoms. The van der Waals surface area contributed by atoms with Gasteiger partial charge >= 0.3 is 0 Å². The molecule has 2 N–H and O–H groups in total. The van der Waals surface area contributed by atoms with Gasteiger partial charge in [0.15, 0.2) is 17.4 Å². The first-order chi connectivity index (χ1) is 8.61. The van der Waals surface area contributed by atoms with Crippen LogP contribution in [0.2, 0.25) is 0 Å². The van der Waals surface area contributed by atoms with Crippen LogP contribution in [0.3, 0.4) is 0 Å². The summed E-state index contributed by atoms with van der Waals surface area (Å²) in [5.74, 6) is -0.912. The number of thiol groups is 1. The summed E-state index contributed by atoms with van der Waals surface area (Å²) in [6.07, 6.45) is 3.33. The SMILES string of the molecule is NC(CS)c1cc(F)c(OCC2CCC2)c(F)c1. The molecule has 1 fully saturated rings. The van der Waals surface area contributed by atoms with Gasteiger partial charge in [-0.2, -0.15) is 12.6 Å². The van der Waals surface area contributed by atoms with E-state index in [2.05, 4.69) is 12.6 Å².